The molecule has 0 aliphatic rings. The van der Waals surface area contributed by atoms with Crippen LogP contribution in [0.5, 0.6) is 0 Å². The van der Waals surface area contributed by atoms with Crippen molar-refractivity contribution in [1.82, 2.24) is 0 Å². The number of aliphatic hydroxyl groups excluding tert-OH is 1. The average Bonchev–Trinajstić information content (AvgIpc) is 1.85. The normalized spacial score (nSPS) is 13.5. The first-order valence-electron chi connectivity index (χ1n) is 3.02. The first-order valence-corrected chi connectivity index (χ1v) is 3.02. The van der Waals surface area contributed by atoms with Gasteiger partial charge in [0.15, 0.2) is 5.78 Å². The molecular formula is C7H12O3Ti. The molecule has 0 rings (SSSR count). The van der Waals surface area contributed by atoms with Gasteiger partial charge in [-0.15, -0.1) is 0 Å². The summed E-state index contributed by atoms with van der Waals surface area (Å²) in [5.41, 5.74) is 0. The Balaban J connectivity index is 0. The molecule has 0 heterocycles. The number of allylic oxidation sites excluding steroid dienone is 1. The zero-order valence-electron chi connectivity index (χ0n) is 6.92. The van der Waals surface area contributed by atoms with Gasteiger partial charge in [-0.2, -0.15) is 0 Å². The molecule has 0 saturated carbocycles. The standard InChI is InChI=1S/C7H12O3.Ti/c1-5(8)4-7(9)6(2)10-3;/h4,6,9H,1-3H3;/b7-4-;. The zero-order valence-corrected chi connectivity index (χ0v) is 8.48. The molecular weight excluding hydrogens is 180 g/mol. The van der Waals surface area contributed by atoms with Gasteiger partial charge in [0.25, 0.3) is 0 Å². The second-order valence-corrected chi connectivity index (χ2v) is 2.06. The summed E-state index contributed by atoms with van der Waals surface area (Å²) in [6.45, 7) is 3.04. The van der Waals surface area contributed by atoms with E-state index in [2.05, 4.69) is 0 Å². The van der Waals surface area contributed by atoms with Gasteiger partial charge in [-0.25, -0.2) is 0 Å². The summed E-state index contributed by atoms with van der Waals surface area (Å²) >= 11 is 0. The number of hydrogen-bond donors (Lipinski definition) is 1. The van der Waals surface area contributed by atoms with Crippen molar-refractivity contribution in [3.8, 4) is 0 Å². The van der Waals surface area contributed by atoms with E-state index in [4.69, 9.17) is 9.84 Å². The Hall–Kier alpha value is -0.116. The molecule has 1 unspecified atom stereocenters. The maximum absolute atomic E-state index is 10.4. The van der Waals surface area contributed by atoms with E-state index in [-0.39, 0.29) is 33.3 Å². The molecule has 0 aromatic rings. The summed E-state index contributed by atoms with van der Waals surface area (Å²) in [6.07, 6.45) is 0.748. The largest absolute Gasteiger partial charge is 0.509 e. The molecule has 62 valence electrons. The van der Waals surface area contributed by atoms with Crippen LogP contribution in [-0.2, 0) is 31.2 Å². The van der Waals surface area contributed by atoms with E-state index in [0.717, 1.165) is 6.08 Å². The molecule has 0 fully saturated rings. The number of methoxy groups -OCH3 is 1. The van der Waals surface area contributed by atoms with Crippen LogP contribution in [0.15, 0.2) is 11.8 Å². The maximum atomic E-state index is 10.4. The summed E-state index contributed by atoms with van der Waals surface area (Å²) in [5, 5.41) is 9.00. The monoisotopic (exact) mass is 192 g/mol. The molecule has 0 amide bonds. The van der Waals surface area contributed by atoms with Crippen LogP contribution < -0.4 is 0 Å². The Labute approximate surface area is 81.3 Å². The van der Waals surface area contributed by atoms with E-state index >= 15 is 0 Å². The van der Waals surface area contributed by atoms with Crippen molar-refractivity contribution in [2.24, 2.45) is 0 Å². The Kier molecular flexibility index (Phi) is 8.07. The van der Waals surface area contributed by atoms with Crippen LogP contribution in [0.25, 0.3) is 0 Å². The Morgan fingerprint density at radius 3 is 2.36 bits per heavy atom. The van der Waals surface area contributed by atoms with Crippen LogP contribution >= 0.6 is 0 Å². The zero-order chi connectivity index (χ0) is 8.15. The maximum Gasteiger partial charge on any atom is 0.156 e. The second kappa shape index (κ2) is 6.59. The summed E-state index contributed by atoms with van der Waals surface area (Å²) in [4.78, 5) is 10.4. The molecule has 11 heavy (non-hydrogen) atoms. The Morgan fingerprint density at radius 2 is 2.09 bits per heavy atom. The van der Waals surface area contributed by atoms with E-state index in [1.165, 1.54) is 14.0 Å². The van der Waals surface area contributed by atoms with E-state index < -0.39 is 6.10 Å². The predicted octanol–water partition coefficient (Wildman–Crippen LogP) is 1.05. The van der Waals surface area contributed by atoms with Gasteiger partial charge in [0.1, 0.15) is 11.9 Å². The van der Waals surface area contributed by atoms with Gasteiger partial charge in [0.05, 0.1) is 0 Å². The minimum absolute atomic E-state index is 0. The van der Waals surface area contributed by atoms with Crippen molar-refractivity contribution >= 4 is 5.78 Å². The third-order valence-electron chi connectivity index (χ3n) is 1.12. The molecule has 1 N–H and O–H groups in total. The first-order chi connectivity index (χ1) is 4.57. The van der Waals surface area contributed by atoms with Crippen molar-refractivity contribution < 1.29 is 36.4 Å². The van der Waals surface area contributed by atoms with Gasteiger partial charge in [-0.3, -0.25) is 4.79 Å². The number of ketones is 1. The number of ether oxygens (including phenoxy) is 1. The van der Waals surface area contributed by atoms with E-state index in [1.807, 2.05) is 0 Å². The molecule has 0 aromatic heterocycles. The fourth-order valence-electron chi connectivity index (χ4n) is 0.446. The Morgan fingerprint density at radius 1 is 1.64 bits per heavy atom. The van der Waals surface area contributed by atoms with Crippen LogP contribution in [0, 0.1) is 0 Å². The third-order valence-corrected chi connectivity index (χ3v) is 1.12. The van der Waals surface area contributed by atoms with Crippen LogP contribution in [0.4, 0.5) is 0 Å². The molecule has 0 bridgehead atoms. The van der Waals surface area contributed by atoms with Crippen molar-refractivity contribution in [2.75, 3.05) is 7.11 Å². The third kappa shape index (κ3) is 6.29. The summed E-state index contributed by atoms with van der Waals surface area (Å²) in [7, 11) is 1.47. The van der Waals surface area contributed by atoms with Crippen molar-refractivity contribution in [3.05, 3.63) is 11.8 Å². The molecule has 0 radical (unpaired) electrons. The second-order valence-electron chi connectivity index (χ2n) is 2.06. The fraction of sp³-hybridized carbons (Fsp3) is 0.571. The number of hydrogen-bond acceptors (Lipinski definition) is 3. The number of aliphatic hydroxyl groups is 1. The van der Waals surface area contributed by atoms with Crippen LogP contribution in [-0.4, -0.2) is 24.1 Å². The van der Waals surface area contributed by atoms with E-state index in [9.17, 15) is 4.79 Å². The molecule has 0 aromatic carbocycles. The average molecular weight is 192 g/mol. The summed E-state index contributed by atoms with van der Waals surface area (Å²) < 4.78 is 4.74. The quantitative estimate of drug-likeness (QED) is 0.413. The molecule has 0 aliphatic heterocycles. The molecule has 4 heteroatoms. The van der Waals surface area contributed by atoms with Gasteiger partial charge in [0, 0.05) is 34.9 Å². The minimum Gasteiger partial charge on any atom is -0.509 e. The van der Waals surface area contributed by atoms with Crippen molar-refractivity contribution in [1.29, 1.82) is 0 Å². The number of rotatable bonds is 3. The van der Waals surface area contributed by atoms with Crippen LogP contribution in [0.3, 0.4) is 0 Å². The van der Waals surface area contributed by atoms with Crippen molar-refractivity contribution in [2.45, 2.75) is 20.0 Å². The smallest absolute Gasteiger partial charge is 0.156 e. The van der Waals surface area contributed by atoms with Crippen LogP contribution in [0.2, 0.25) is 0 Å². The van der Waals surface area contributed by atoms with Gasteiger partial charge < -0.3 is 9.84 Å². The van der Waals surface area contributed by atoms with Gasteiger partial charge in [0.2, 0.25) is 0 Å². The predicted molar refractivity (Wildman–Crippen MR) is 37.9 cm³/mol. The summed E-state index contributed by atoms with van der Waals surface area (Å²) in [6, 6.07) is 0. The van der Waals surface area contributed by atoms with E-state index in [0.29, 0.717) is 0 Å². The number of carbonyl (C=O) groups excluding carboxylic acids is 1. The van der Waals surface area contributed by atoms with Crippen molar-refractivity contribution in [3.63, 3.8) is 0 Å². The summed E-state index contributed by atoms with van der Waals surface area (Å²) in [5.74, 6) is -0.212. The fourth-order valence-corrected chi connectivity index (χ4v) is 0.446. The SMILES string of the molecule is COC(C)/C(O)=C/C(C)=O.[Ti]. The van der Waals surface area contributed by atoms with Crippen LogP contribution in [0.1, 0.15) is 13.8 Å². The number of carbonyl (C=O) groups is 1. The topological polar surface area (TPSA) is 46.5 Å². The molecule has 3 nitrogen and oxygen atoms in total. The van der Waals surface area contributed by atoms with Gasteiger partial charge in [-0.05, 0) is 13.8 Å². The molecule has 0 saturated heterocycles. The van der Waals surface area contributed by atoms with Gasteiger partial charge >= 0.3 is 0 Å². The molecule has 1 atom stereocenters. The molecule has 0 aliphatic carbocycles. The first kappa shape index (κ1) is 13.5. The Bertz CT molecular complexity index is 154. The van der Waals surface area contributed by atoms with E-state index in [1.54, 1.807) is 6.92 Å². The molecule has 0 spiro atoms. The van der Waals surface area contributed by atoms with Gasteiger partial charge in [-0.1, -0.05) is 0 Å². The minimum atomic E-state index is -0.399.